The Hall–Kier alpha value is -3.61. The molecule has 1 aliphatic rings. The van der Waals surface area contributed by atoms with Crippen molar-refractivity contribution in [3.8, 4) is 5.75 Å². The molecule has 2 aromatic rings. The molecule has 0 spiro atoms. The quantitative estimate of drug-likeness (QED) is 0.490. The minimum Gasteiger partial charge on any atom is -0.495 e. The lowest BCUT2D eigenvalue weighted by Crippen LogP contribution is -2.28. The van der Waals surface area contributed by atoms with E-state index in [9.17, 15) is 32.9 Å². The van der Waals surface area contributed by atoms with Crippen LogP contribution < -0.4 is 15.4 Å². The second kappa shape index (κ2) is 9.26. The fourth-order valence-corrected chi connectivity index (χ4v) is 3.77. The van der Waals surface area contributed by atoms with Gasteiger partial charge in [-0.05, 0) is 18.2 Å². The number of carbonyl (C=O) groups excluding carboxylic acids is 2. The summed E-state index contributed by atoms with van der Waals surface area (Å²) in [5, 5.41) is 14.7. The molecule has 32 heavy (non-hydrogen) atoms. The zero-order chi connectivity index (χ0) is 23.5. The van der Waals surface area contributed by atoms with Crippen LogP contribution in [0.25, 0.3) is 0 Å². The van der Waals surface area contributed by atoms with E-state index >= 15 is 0 Å². The van der Waals surface area contributed by atoms with Crippen molar-refractivity contribution in [3.63, 3.8) is 0 Å². The molecule has 168 valence electrons. The highest BCUT2D eigenvalue weighted by Crippen LogP contribution is 2.37. The summed E-state index contributed by atoms with van der Waals surface area (Å²) in [6.45, 7) is 0. The summed E-state index contributed by atoms with van der Waals surface area (Å²) in [4.78, 5) is 38.8. The number of anilines is 1. The van der Waals surface area contributed by atoms with E-state index in [1.165, 1.54) is 31.4 Å². The van der Waals surface area contributed by atoms with Gasteiger partial charge in [0.1, 0.15) is 11.0 Å². The Labute approximate surface area is 183 Å². The lowest BCUT2D eigenvalue weighted by Gasteiger charge is -2.11. The molecule has 0 radical (unpaired) electrons. The first-order valence-corrected chi connectivity index (χ1v) is 9.81. The summed E-state index contributed by atoms with van der Waals surface area (Å²) in [5.74, 6) is -1.06. The predicted octanol–water partition coefficient (Wildman–Crippen LogP) is 3.87. The molecular formula is C19H15F3N4O5S. The highest BCUT2D eigenvalue weighted by Gasteiger charge is 2.35. The number of amides is 2. The number of nitro benzene ring substituents is 1. The number of methoxy groups -OCH3 is 1. The van der Waals surface area contributed by atoms with Crippen molar-refractivity contribution in [3.05, 3.63) is 58.1 Å². The number of para-hydroxylation sites is 1. The van der Waals surface area contributed by atoms with Gasteiger partial charge < -0.3 is 15.4 Å². The monoisotopic (exact) mass is 468 g/mol. The van der Waals surface area contributed by atoms with Crippen molar-refractivity contribution in [1.82, 2.24) is 5.32 Å². The number of ether oxygens (including phenoxy) is 1. The van der Waals surface area contributed by atoms with Gasteiger partial charge in [-0.2, -0.15) is 13.2 Å². The van der Waals surface area contributed by atoms with Gasteiger partial charge in [0.2, 0.25) is 11.8 Å². The van der Waals surface area contributed by atoms with E-state index in [0.29, 0.717) is 0 Å². The molecule has 2 aromatic carbocycles. The average molecular weight is 468 g/mol. The number of alkyl halides is 3. The molecule has 0 aliphatic carbocycles. The Morgan fingerprint density at radius 3 is 2.69 bits per heavy atom. The Morgan fingerprint density at radius 2 is 2.03 bits per heavy atom. The highest BCUT2D eigenvalue weighted by molar-refractivity contribution is 8.15. The third kappa shape index (κ3) is 5.35. The third-order valence-corrected chi connectivity index (χ3v) is 5.33. The standard InChI is InChI=1S/C19H15F3N4O5S/c1-31-14-7-6-10(26(29)30)8-13(14)23-16(27)9-15-17(28)25-18(32-15)24-12-5-3-2-4-11(12)19(20,21)22/h2-8,15H,9H2,1H3,(H,23,27)(H,24,25,28). The van der Waals surface area contributed by atoms with Crippen molar-refractivity contribution in [2.45, 2.75) is 17.8 Å². The Kier molecular flexibility index (Phi) is 6.67. The second-order valence-electron chi connectivity index (χ2n) is 6.42. The van der Waals surface area contributed by atoms with Gasteiger partial charge in [-0.25, -0.2) is 4.99 Å². The van der Waals surface area contributed by atoms with Crippen LogP contribution in [0.15, 0.2) is 47.5 Å². The zero-order valence-electron chi connectivity index (χ0n) is 16.3. The van der Waals surface area contributed by atoms with E-state index in [2.05, 4.69) is 15.6 Å². The van der Waals surface area contributed by atoms with Gasteiger partial charge in [0, 0.05) is 18.6 Å². The van der Waals surface area contributed by atoms with Crippen LogP contribution >= 0.6 is 11.8 Å². The summed E-state index contributed by atoms with van der Waals surface area (Å²) in [5.41, 5.74) is -1.55. The molecule has 0 bridgehead atoms. The molecule has 13 heteroatoms. The minimum absolute atomic E-state index is 0.0445. The van der Waals surface area contributed by atoms with Crippen molar-refractivity contribution in [2.75, 3.05) is 12.4 Å². The first kappa shape index (κ1) is 23.1. The number of thioether (sulfide) groups is 1. The molecule has 1 aliphatic heterocycles. The fraction of sp³-hybridized carbons (Fsp3) is 0.211. The third-order valence-electron chi connectivity index (χ3n) is 4.25. The number of nitrogens with zero attached hydrogens (tertiary/aromatic N) is 2. The molecule has 2 amide bonds. The van der Waals surface area contributed by atoms with Crippen LogP contribution in [0, 0.1) is 10.1 Å². The molecule has 2 N–H and O–H groups in total. The van der Waals surface area contributed by atoms with Crippen molar-refractivity contribution < 1.29 is 32.4 Å². The average Bonchev–Trinajstić information content (AvgIpc) is 3.05. The molecule has 1 unspecified atom stereocenters. The summed E-state index contributed by atoms with van der Waals surface area (Å²) in [7, 11) is 1.32. The van der Waals surface area contributed by atoms with Crippen LogP contribution in [0.1, 0.15) is 12.0 Å². The zero-order valence-corrected chi connectivity index (χ0v) is 17.1. The Balaban J connectivity index is 1.72. The molecule has 3 rings (SSSR count). The van der Waals surface area contributed by atoms with Gasteiger partial charge in [0.05, 0.1) is 29.0 Å². The van der Waals surface area contributed by atoms with E-state index in [0.717, 1.165) is 30.0 Å². The van der Waals surface area contributed by atoms with Gasteiger partial charge in [0.15, 0.2) is 5.17 Å². The normalized spacial score (nSPS) is 17.2. The second-order valence-corrected chi connectivity index (χ2v) is 7.61. The number of amidine groups is 1. The van der Waals surface area contributed by atoms with Crippen molar-refractivity contribution >= 4 is 45.8 Å². The summed E-state index contributed by atoms with van der Waals surface area (Å²) < 4.78 is 44.4. The lowest BCUT2D eigenvalue weighted by molar-refractivity contribution is -0.384. The predicted molar refractivity (Wildman–Crippen MR) is 111 cm³/mol. The van der Waals surface area contributed by atoms with E-state index in [-0.39, 0.29) is 34.4 Å². The molecule has 1 saturated heterocycles. The SMILES string of the molecule is COc1ccc([N+](=O)[O-])cc1NC(=O)CC1SC(=Nc2ccccc2C(F)(F)F)NC1=O. The number of carbonyl (C=O) groups is 2. The number of halogens is 3. The lowest BCUT2D eigenvalue weighted by atomic mass is 10.2. The number of aliphatic imine (C=N–C) groups is 1. The Morgan fingerprint density at radius 1 is 1.31 bits per heavy atom. The number of nitrogens with one attached hydrogen (secondary N) is 2. The topological polar surface area (TPSA) is 123 Å². The van der Waals surface area contributed by atoms with Crippen LogP contribution in [-0.2, 0) is 15.8 Å². The molecule has 9 nitrogen and oxygen atoms in total. The number of nitro groups is 1. The van der Waals surface area contributed by atoms with Crippen LogP contribution in [0.3, 0.4) is 0 Å². The van der Waals surface area contributed by atoms with E-state index < -0.39 is 33.7 Å². The van der Waals surface area contributed by atoms with E-state index in [1.807, 2.05) is 0 Å². The fourth-order valence-electron chi connectivity index (χ4n) is 2.79. The van der Waals surface area contributed by atoms with Crippen molar-refractivity contribution in [1.29, 1.82) is 0 Å². The van der Waals surface area contributed by atoms with Gasteiger partial charge >= 0.3 is 6.18 Å². The smallest absolute Gasteiger partial charge is 0.418 e. The molecular weight excluding hydrogens is 453 g/mol. The number of hydrogen-bond donors (Lipinski definition) is 2. The van der Waals surface area contributed by atoms with Gasteiger partial charge in [-0.15, -0.1) is 0 Å². The number of hydrogen-bond acceptors (Lipinski definition) is 7. The number of non-ortho nitro benzene ring substituents is 1. The molecule has 0 saturated carbocycles. The maximum atomic E-state index is 13.1. The largest absolute Gasteiger partial charge is 0.495 e. The maximum absolute atomic E-state index is 13.1. The maximum Gasteiger partial charge on any atom is 0.418 e. The molecule has 1 atom stereocenters. The first-order valence-electron chi connectivity index (χ1n) is 8.93. The van der Waals surface area contributed by atoms with Crippen LogP contribution in [0.4, 0.5) is 30.2 Å². The first-order chi connectivity index (χ1) is 15.1. The van der Waals surface area contributed by atoms with E-state index in [1.54, 1.807) is 0 Å². The van der Waals surface area contributed by atoms with Crippen LogP contribution in [0.5, 0.6) is 5.75 Å². The molecule has 0 aromatic heterocycles. The van der Waals surface area contributed by atoms with Crippen molar-refractivity contribution in [2.24, 2.45) is 4.99 Å². The summed E-state index contributed by atoms with van der Waals surface area (Å²) >= 11 is 0.812. The molecule has 1 heterocycles. The van der Waals surface area contributed by atoms with Gasteiger partial charge in [0.25, 0.3) is 5.69 Å². The van der Waals surface area contributed by atoms with Crippen LogP contribution in [-0.4, -0.2) is 34.3 Å². The highest BCUT2D eigenvalue weighted by atomic mass is 32.2. The van der Waals surface area contributed by atoms with Crippen LogP contribution in [0.2, 0.25) is 0 Å². The summed E-state index contributed by atoms with van der Waals surface area (Å²) in [6.07, 6.45) is -4.97. The molecule has 1 fully saturated rings. The minimum atomic E-state index is -4.62. The number of benzene rings is 2. The van der Waals surface area contributed by atoms with Gasteiger partial charge in [-0.3, -0.25) is 19.7 Å². The van der Waals surface area contributed by atoms with Gasteiger partial charge in [-0.1, -0.05) is 23.9 Å². The summed E-state index contributed by atoms with van der Waals surface area (Å²) in [6, 6.07) is 8.27. The number of rotatable bonds is 6. The van der Waals surface area contributed by atoms with E-state index in [4.69, 9.17) is 4.74 Å². The Bertz CT molecular complexity index is 1110.